The highest BCUT2D eigenvalue weighted by molar-refractivity contribution is 6.30. The van der Waals surface area contributed by atoms with Crippen molar-refractivity contribution in [1.82, 2.24) is 9.97 Å². The van der Waals surface area contributed by atoms with E-state index in [2.05, 4.69) is 27.5 Å². The van der Waals surface area contributed by atoms with Gasteiger partial charge in [0.2, 0.25) is 0 Å². The summed E-state index contributed by atoms with van der Waals surface area (Å²) in [5.74, 6) is 1.71. The average Bonchev–Trinajstić information content (AvgIpc) is 2.50. The van der Waals surface area contributed by atoms with E-state index in [-0.39, 0.29) is 0 Å². The number of unbranched alkanes of at least 4 members (excludes halogenated alkanes) is 1. The minimum atomic E-state index is 0.769. The number of halogens is 1. The van der Waals surface area contributed by atoms with Gasteiger partial charge in [-0.1, -0.05) is 37.1 Å². The van der Waals surface area contributed by atoms with Gasteiger partial charge < -0.3 is 10.6 Å². The van der Waals surface area contributed by atoms with Crippen LogP contribution in [0.1, 0.15) is 25.3 Å². The zero-order valence-electron chi connectivity index (χ0n) is 12.3. The third-order valence-electron chi connectivity index (χ3n) is 3.14. The summed E-state index contributed by atoms with van der Waals surface area (Å²) in [5.41, 5.74) is 1.25. The Morgan fingerprint density at radius 2 is 1.67 bits per heavy atom. The molecule has 4 nitrogen and oxygen atoms in total. The van der Waals surface area contributed by atoms with Gasteiger partial charge in [0.15, 0.2) is 0 Å². The van der Waals surface area contributed by atoms with Crippen molar-refractivity contribution in [1.29, 1.82) is 0 Å². The standard InChI is InChI=1S/C16H21ClN4/c1-2-3-9-18-15-11-16(21-12-20-15)19-10-8-13-4-6-14(17)7-5-13/h4-7,11-12H,2-3,8-10H2,1H3,(H2,18,19,20,21). The van der Waals surface area contributed by atoms with E-state index < -0.39 is 0 Å². The molecule has 0 aliphatic heterocycles. The Labute approximate surface area is 131 Å². The fourth-order valence-electron chi connectivity index (χ4n) is 1.93. The second kappa shape index (κ2) is 8.47. The second-order valence-electron chi connectivity index (χ2n) is 4.87. The van der Waals surface area contributed by atoms with Gasteiger partial charge in [0.05, 0.1) is 0 Å². The number of anilines is 2. The fraction of sp³-hybridized carbons (Fsp3) is 0.375. The van der Waals surface area contributed by atoms with Crippen molar-refractivity contribution in [3.8, 4) is 0 Å². The normalized spacial score (nSPS) is 10.4. The van der Waals surface area contributed by atoms with E-state index in [9.17, 15) is 0 Å². The molecule has 5 heteroatoms. The molecule has 21 heavy (non-hydrogen) atoms. The van der Waals surface area contributed by atoms with E-state index in [1.54, 1.807) is 6.33 Å². The summed E-state index contributed by atoms with van der Waals surface area (Å²) in [4.78, 5) is 8.44. The Morgan fingerprint density at radius 3 is 2.33 bits per heavy atom. The van der Waals surface area contributed by atoms with E-state index in [0.717, 1.165) is 42.6 Å². The summed E-state index contributed by atoms with van der Waals surface area (Å²) in [7, 11) is 0. The predicted molar refractivity (Wildman–Crippen MR) is 89.1 cm³/mol. The lowest BCUT2D eigenvalue weighted by atomic mass is 10.1. The zero-order chi connectivity index (χ0) is 14.9. The van der Waals surface area contributed by atoms with Crippen LogP contribution in [0, 0.1) is 0 Å². The molecule has 0 aliphatic carbocycles. The van der Waals surface area contributed by atoms with Crippen LogP contribution in [0.5, 0.6) is 0 Å². The van der Waals surface area contributed by atoms with E-state index in [1.807, 2.05) is 30.3 Å². The van der Waals surface area contributed by atoms with Gasteiger partial charge in [-0.2, -0.15) is 0 Å². The molecule has 2 rings (SSSR count). The molecule has 0 saturated heterocycles. The van der Waals surface area contributed by atoms with Crippen molar-refractivity contribution in [3.05, 3.63) is 47.2 Å². The number of rotatable bonds is 8. The first-order chi connectivity index (χ1) is 10.3. The topological polar surface area (TPSA) is 49.8 Å². The maximum absolute atomic E-state index is 5.87. The third-order valence-corrected chi connectivity index (χ3v) is 3.39. The molecule has 1 aromatic carbocycles. The zero-order valence-corrected chi connectivity index (χ0v) is 13.0. The molecule has 0 spiro atoms. The minimum Gasteiger partial charge on any atom is -0.370 e. The van der Waals surface area contributed by atoms with Crippen LogP contribution in [0.3, 0.4) is 0 Å². The lowest BCUT2D eigenvalue weighted by Gasteiger charge is -2.08. The first-order valence-electron chi connectivity index (χ1n) is 7.32. The SMILES string of the molecule is CCCCNc1cc(NCCc2ccc(Cl)cc2)ncn1. The first-order valence-corrected chi connectivity index (χ1v) is 7.70. The lowest BCUT2D eigenvalue weighted by Crippen LogP contribution is -2.08. The Bertz CT molecular complexity index is 542. The number of hydrogen-bond donors (Lipinski definition) is 2. The fourth-order valence-corrected chi connectivity index (χ4v) is 2.06. The largest absolute Gasteiger partial charge is 0.370 e. The van der Waals surface area contributed by atoms with Crippen molar-refractivity contribution < 1.29 is 0 Å². The van der Waals surface area contributed by atoms with E-state index in [1.165, 1.54) is 12.0 Å². The van der Waals surface area contributed by atoms with Gasteiger partial charge in [0, 0.05) is 24.2 Å². The van der Waals surface area contributed by atoms with Crippen LogP contribution in [-0.2, 0) is 6.42 Å². The lowest BCUT2D eigenvalue weighted by molar-refractivity contribution is 0.830. The average molecular weight is 305 g/mol. The molecule has 0 amide bonds. The van der Waals surface area contributed by atoms with Gasteiger partial charge in [-0.05, 0) is 30.5 Å². The van der Waals surface area contributed by atoms with Gasteiger partial charge >= 0.3 is 0 Å². The maximum Gasteiger partial charge on any atom is 0.131 e. The molecule has 0 unspecified atom stereocenters. The maximum atomic E-state index is 5.87. The quantitative estimate of drug-likeness (QED) is 0.724. The van der Waals surface area contributed by atoms with Gasteiger partial charge in [-0.25, -0.2) is 9.97 Å². The number of nitrogens with zero attached hydrogens (tertiary/aromatic N) is 2. The van der Waals surface area contributed by atoms with Crippen molar-refractivity contribution >= 4 is 23.2 Å². The van der Waals surface area contributed by atoms with Crippen LogP contribution in [-0.4, -0.2) is 23.1 Å². The minimum absolute atomic E-state index is 0.769. The summed E-state index contributed by atoms with van der Waals surface area (Å²) in [5, 5.41) is 7.38. The molecule has 0 atom stereocenters. The number of hydrogen-bond acceptors (Lipinski definition) is 4. The van der Waals surface area contributed by atoms with Crippen molar-refractivity contribution in [2.75, 3.05) is 23.7 Å². The molecule has 2 aromatic rings. The molecule has 1 heterocycles. The molecular weight excluding hydrogens is 284 g/mol. The smallest absolute Gasteiger partial charge is 0.131 e. The number of nitrogens with one attached hydrogen (secondary N) is 2. The van der Waals surface area contributed by atoms with E-state index in [0.29, 0.717) is 0 Å². The first kappa shape index (κ1) is 15.6. The van der Waals surface area contributed by atoms with Gasteiger partial charge in [-0.3, -0.25) is 0 Å². The molecule has 0 fully saturated rings. The molecular formula is C16H21ClN4. The highest BCUT2D eigenvalue weighted by Crippen LogP contribution is 2.11. The van der Waals surface area contributed by atoms with E-state index in [4.69, 9.17) is 11.6 Å². The second-order valence-corrected chi connectivity index (χ2v) is 5.31. The number of benzene rings is 1. The van der Waals surface area contributed by atoms with Crippen LogP contribution in [0.4, 0.5) is 11.6 Å². The van der Waals surface area contributed by atoms with Gasteiger partial charge in [-0.15, -0.1) is 0 Å². The van der Waals surface area contributed by atoms with Crippen LogP contribution in [0.2, 0.25) is 5.02 Å². The van der Waals surface area contributed by atoms with Crippen molar-refractivity contribution in [2.24, 2.45) is 0 Å². The number of aromatic nitrogens is 2. The summed E-state index contributed by atoms with van der Waals surface area (Å²) in [6.07, 6.45) is 4.83. The van der Waals surface area contributed by atoms with Crippen molar-refractivity contribution in [3.63, 3.8) is 0 Å². The monoisotopic (exact) mass is 304 g/mol. The molecule has 0 bridgehead atoms. The molecule has 0 radical (unpaired) electrons. The molecule has 0 aliphatic rings. The van der Waals surface area contributed by atoms with E-state index >= 15 is 0 Å². The van der Waals surface area contributed by atoms with Crippen LogP contribution in [0.25, 0.3) is 0 Å². The summed E-state index contributed by atoms with van der Waals surface area (Å²) in [6, 6.07) is 9.86. The molecule has 112 valence electrons. The van der Waals surface area contributed by atoms with Crippen LogP contribution in [0.15, 0.2) is 36.7 Å². The summed E-state index contributed by atoms with van der Waals surface area (Å²) >= 11 is 5.87. The molecule has 0 saturated carbocycles. The Morgan fingerprint density at radius 1 is 1.00 bits per heavy atom. The molecule has 2 N–H and O–H groups in total. The van der Waals surface area contributed by atoms with Gasteiger partial charge in [0.1, 0.15) is 18.0 Å². The Hall–Kier alpha value is -1.81. The van der Waals surface area contributed by atoms with Gasteiger partial charge in [0.25, 0.3) is 0 Å². The summed E-state index contributed by atoms with van der Waals surface area (Å²) < 4.78 is 0. The predicted octanol–water partition coefficient (Wildman–Crippen LogP) is 4.00. The molecule has 1 aromatic heterocycles. The van der Waals surface area contributed by atoms with Crippen molar-refractivity contribution in [2.45, 2.75) is 26.2 Å². The van der Waals surface area contributed by atoms with Crippen LogP contribution >= 0.6 is 11.6 Å². The van der Waals surface area contributed by atoms with Crippen LogP contribution < -0.4 is 10.6 Å². The summed E-state index contributed by atoms with van der Waals surface area (Å²) in [6.45, 7) is 3.94. The highest BCUT2D eigenvalue weighted by atomic mass is 35.5. The Kier molecular flexibility index (Phi) is 6.28. The third kappa shape index (κ3) is 5.60. The Balaban J connectivity index is 1.79. The highest BCUT2D eigenvalue weighted by Gasteiger charge is 1.99.